The lowest BCUT2D eigenvalue weighted by molar-refractivity contribution is 0.0695. The number of aryl methyl sites for hydroxylation is 4. The number of nitrogens with zero attached hydrogens (tertiary/aromatic N) is 4. The molecule has 12 heteroatoms. The monoisotopic (exact) mass is 714 g/mol. The zero-order chi connectivity index (χ0) is 37.7. The lowest BCUT2D eigenvalue weighted by atomic mass is 9.84. The Bertz CT molecular complexity index is 2910. The quantitative estimate of drug-likeness (QED) is 0.0424. The molecule has 2 aromatic heterocycles. The number of aliphatic hydroxyl groups excluding tert-OH is 2. The first-order valence-electron chi connectivity index (χ1n) is 17.0. The minimum Gasteiger partial charge on any atom is -0.493 e. The van der Waals surface area contributed by atoms with Crippen molar-refractivity contribution < 1.29 is 30.0 Å². The van der Waals surface area contributed by atoms with Crippen LogP contribution < -0.4 is 0 Å². The first-order valence-corrected chi connectivity index (χ1v) is 17.0. The number of hydrogen-bond donors (Lipinski definition) is 6. The van der Waals surface area contributed by atoms with E-state index in [2.05, 4.69) is 29.9 Å². The number of nitrogens with one attached hydrogen (secondary N) is 2. The maximum atomic E-state index is 12.4. The Morgan fingerprint density at radius 1 is 0.481 bits per heavy atom. The zero-order valence-corrected chi connectivity index (χ0v) is 29.3. The molecule has 0 atom stereocenters. The first kappa shape index (κ1) is 32.6. The molecule has 54 heavy (non-hydrogen) atoms. The summed E-state index contributed by atoms with van der Waals surface area (Å²) in [5.74, 6) is -2.91. The minimum absolute atomic E-state index is 0.108. The van der Waals surface area contributed by atoms with Crippen molar-refractivity contribution in [2.75, 3.05) is 0 Å². The van der Waals surface area contributed by atoms with E-state index in [9.17, 15) is 30.0 Å². The van der Waals surface area contributed by atoms with Crippen molar-refractivity contribution in [1.29, 1.82) is 0 Å². The molecule has 0 fully saturated rings. The Morgan fingerprint density at radius 3 is 1.19 bits per heavy atom. The number of aromatic amines is 2. The summed E-state index contributed by atoms with van der Waals surface area (Å²) in [6.07, 6.45) is 0. The number of aromatic nitrogens is 4. The molecular formula is C42H30N6O6. The van der Waals surface area contributed by atoms with E-state index in [1.54, 1.807) is 36.4 Å². The molecule has 0 aliphatic heterocycles. The van der Waals surface area contributed by atoms with E-state index in [0.717, 1.165) is 33.3 Å². The molecule has 12 nitrogen and oxygen atoms in total. The largest absolute Gasteiger partial charge is 0.493 e. The predicted octanol–water partition coefficient (Wildman–Crippen LogP) is 9.39. The molecule has 0 saturated heterocycles. The fraction of sp³-hybridized carbons (Fsp3) is 0.0952. The highest BCUT2D eigenvalue weighted by molar-refractivity contribution is 6.38. The second-order valence-electron chi connectivity index (χ2n) is 13.7. The van der Waals surface area contributed by atoms with Crippen LogP contribution in [0.2, 0.25) is 0 Å². The van der Waals surface area contributed by atoms with Crippen LogP contribution >= 0.6 is 0 Å². The highest BCUT2D eigenvalue weighted by Crippen LogP contribution is 2.44. The van der Waals surface area contributed by atoms with Crippen molar-refractivity contribution in [1.82, 2.24) is 19.9 Å². The second-order valence-corrected chi connectivity index (χ2v) is 13.7. The summed E-state index contributed by atoms with van der Waals surface area (Å²) in [5, 5.41) is 47.8. The number of aromatic carboxylic acids is 2. The molecule has 0 saturated carbocycles. The first-order chi connectivity index (χ1) is 25.9. The zero-order valence-electron chi connectivity index (χ0n) is 29.3. The van der Waals surface area contributed by atoms with Gasteiger partial charge in [-0.05, 0) is 131 Å². The Hall–Kier alpha value is -7.34. The number of carbonyl (C=O) groups is 2. The Morgan fingerprint density at radius 2 is 0.815 bits per heavy atom. The summed E-state index contributed by atoms with van der Waals surface area (Å²) < 4.78 is 0. The standard InChI is InChI=1S/C42H30N6O6/c1-17-13-29-30(14-18(17)2)44-41(43-29)47-37(49)25-9-5-21-23-7-11-27(39(51)52)36-28(40(53)54)12-8-24(34(23)36)22-6-10-26(35(25)33(21)22)38(50)48-42-45-31-15-19(3)20(4)16-32(31)46-42/h5-16H,1-4H3,(H,51,52)(H,53,54)(H2,43,44,47,49)(H2,45,46,48,50). The average molecular weight is 715 g/mol. The van der Waals surface area contributed by atoms with Crippen molar-refractivity contribution in [2.24, 2.45) is 9.98 Å². The lowest BCUT2D eigenvalue weighted by Crippen LogP contribution is -2.08. The van der Waals surface area contributed by atoms with Gasteiger partial charge in [0.25, 0.3) is 0 Å². The van der Waals surface area contributed by atoms with Gasteiger partial charge in [-0.1, -0.05) is 24.3 Å². The van der Waals surface area contributed by atoms with Crippen molar-refractivity contribution in [3.63, 3.8) is 0 Å². The normalized spacial score (nSPS) is 12.7. The van der Waals surface area contributed by atoms with Gasteiger partial charge in [-0.25, -0.2) is 19.6 Å². The molecular weight excluding hydrogens is 684 g/mol. The van der Waals surface area contributed by atoms with Crippen LogP contribution in [0, 0.1) is 27.7 Å². The summed E-state index contributed by atoms with van der Waals surface area (Å²) in [4.78, 5) is 49.2. The fourth-order valence-corrected chi connectivity index (χ4v) is 7.56. The van der Waals surface area contributed by atoms with E-state index >= 15 is 0 Å². The summed E-state index contributed by atoms with van der Waals surface area (Å²) >= 11 is 0. The van der Waals surface area contributed by atoms with Gasteiger partial charge < -0.3 is 30.4 Å². The van der Waals surface area contributed by atoms with Crippen molar-refractivity contribution in [3.05, 3.63) is 117 Å². The van der Waals surface area contributed by atoms with Gasteiger partial charge in [0.1, 0.15) is 0 Å². The van der Waals surface area contributed by atoms with Crippen LogP contribution in [0.1, 0.15) is 54.1 Å². The number of rotatable bonds is 6. The molecule has 0 aliphatic rings. The molecule has 0 spiro atoms. The molecule has 0 aliphatic carbocycles. The molecule has 6 N–H and O–H groups in total. The molecule has 0 amide bonds. The molecule has 0 bridgehead atoms. The maximum absolute atomic E-state index is 12.4. The summed E-state index contributed by atoms with van der Waals surface area (Å²) in [5.41, 5.74) is 7.42. The third-order valence-electron chi connectivity index (χ3n) is 10.4. The van der Waals surface area contributed by atoms with E-state index < -0.39 is 11.9 Å². The number of aliphatic imine (C=N–C) groups is 2. The van der Waals surface area contributed by atoms with Crippen LogP contribution in [0.25, 0.3) is 65.2 Å². The predicted molar refractivity (Wildman–Crippen MR) is 210 cm³/mol. The molecule has 9 rings (SSSR count). The second kappa shape index (κ2) is 11.6. The fourth-order valence-electron chi connectivity index (χ4n) is 7.56. The number of aliphatic hydroxyl groups is 2. The Kier molecular flexibility index (Phi) is 6.99. The van der Waals surface area contributed by atoms with Crippen LogP contribution in [0.15, 0.2) is 82.8 Å². The van der Waals surface area contributed by atoms with Gasteiger partial charge in [-0.3, -0.25) is 0 Å². The van der Waals surface area contributed by atoms with E-state index in [-0.39, 0.29) is 51.3 Å². The van der Waals surface area contributed by atoms with Crippen molar-refractivity contribution in [3.8, 4) is 0 Å². The lowest BCUT2D eigenvalue weighted by Gasteiger charge is -2.19. The van der Waals surface area contributed by atoms with E-state index in [4.69, 9.17) is 0 Å². The van der Waals surface area contributed by atoms with Gasteiger partial charge in [0.2, 0.25) is 23.7 Å². The van der Waals surface area contributed by atoms with Crippen LogP contribution in [0.3, 0.4) is 0 Å². The van der Waals surface area contributed by atoms with Crippen molar-refractivity contribution in [2.45, 2.75) is 27.7 Å². The topological polar surface area (TPSA) is 197 Å². The summed E-state index contributed by atoms with van der Waals surface area (Å²) in [6, 6.07) is 20.8. The van der Waals surface area contributed by atoms with Gasteiger partial charge in [0.05, 0.1) is 33.2 Å². The number of hydrogen-bond acceptors (Lipinski definition) is 6. The van der Waals surface area contributed by atoms with Crippen LogP contribution in [-0.2, 0) is 0 Å². The highest BCUT2D eigenvalue weighted by Gasteiger charge is 2.25. The Labute approximate surface area is 305 Å². The van der Waals surface area contributed by atoms with E-state index in [0.29, 0.717) is 48.7 Å². The number of benzene rings is 7. The Balaban J connectivity index is 1.35. The highest BCUT2D eigenvalue weighted by atomic mass is 16.4. The van der Waals surface area contributed by atoms with Crippen LogP contribution in [0.4, 0.5) is 11.9 Å². The van der Waals surface area contributed by atoms with E-state index in [1.807, 2.05) is 52.0 Å². The third kappa shape index (κ3) is 4.84. The third-order valence-corrected chi connectivity index (χ3v) is 10.4. The number of carboxylic acids is 2. The molecule has 0 unspecified atom stereocenters. The van der Waals surface area contributed by atoms with Gasteiger partial charge >= 0.3 is 11.9 Å². The summed E-state index contributed by atoms with van der Waals surface area (Å²) in [6.45, 7) is 7.98. The smallest absolute Gasteiger partial charge is 0.336 e. The van der Waals surface area contributed by atoms with Gasteiger partial charge in [-0.15, -0.1) is 0 Å². The van der Waals surface area contributed by atoms with Gasteiger partial charge in [0, 0.05) is 21.9 Å². The number of imidazole rings is 2. The minimum atomic E-state index is -1.25. The maximum Gasteiger partial charge on any atom is 0.336 e. The average Bonchev–Trinajstić information content (AvgIpc) is 3.71. The number of carboxylic acid groups (broad SMARTS) is 2. The van der Waals surface area contributed by atoms with E-state index in [1.165, 1.54) is 12.1 Å². The van der Waals surface area contributed by atoms with Gasteiger partial charge in [-0.2, -0.15) is 9.98 Å². The number of H-pyrrole nitrogens is 2. The molecule has 0 radical (unpaired) electrons. The van der Waals surface area contributed by atoms with Crippen LogP contribution in [-0.4, -0.2) is 64.1 Å². The molecule has 7 aromatic carbocycles. The molecule has 2 heterocycles. The number of fused-ring (bicyclic) bond motifs is 4. The molecule has 9 aromatic rings. The molecule has 264 valence electrons. The SMILES string of the molecule is Cc1cc2nc(N=C(O)c3ccc4c5ccc(C(=O)O)c6c(C(=O)O)ccc(c7ccc(C(O)=Nc8nc9cc(C)c(C)cc9[nH]8)c3c47)c65)[nH]c2cc1C. The van der Waals surface area contributed by atoms with Gasteiger partial charge in [0.15, 0.2) is 0 Å². The van der Waals surface area contributed by atoms with Crippen LogP contribution in [0.5, 0.6) is 0 Å². The van der Waals surface area contributed by atoms with Crippen molar-refractivity contribution >= 4 is 101 Å². The summed E-state index contributed by atoms with van der Waals surface area (Å²) in [7, 11) is 0.